The maximum atomic E-state index is 12.1. The second-order valence-electron chi connectivity index (χ2n) is 6.52. The SMILES string of the molecule is O=C(Cc1ccccc1)NCCC(=O)NC1CCCCCC1CO. The van der Waals surface area contributed by atoms with Crippen molar-refractivity contribution in [3.05, 3.63) is 35.9 Å². The van der Waals surface area contributed by atoms with Gasteiger partial charge in [-0.15, -0.1) is 0 Å². The molecule has 0 aromatic heterocycles. The fraction of sp³-hybridized carbons (Fsp3) is 0.579. The summed E-state index contributed by atoms with van der Waals surface area (Å²) >= 11 is 0. The minimum atomic E-state index is -0.0725. The summed E-state index contributed by atoms with van der Waals surface area (Å²) in [4.78, 5) is 23.9. The number of carbonyl (C=O) groups is 2. The van der Waals surface area contributed by atoms with E-state index in [2.05, 4.69) is 10.6 Å². The van der Waals surface area contributed by atoms with Crippen molar-refractivity contribution in [1.29, 1.82) is 0 Å². The van der Waals surface area contributed by atoms with Gasteiger partial charge >= 0.3 is 0 Å². The van der Waals surface area contributed by atoms with E-state index in [1.807, 2.05) is 30.3 Å². The van der Waals surface area contributed by atoms with E-state index >= 15 is 0 Å². The van der Waals surface area contributed by atoms with Gasteiger partial charge in [0.05, 0.1) is 6.42 Å². The van der Waals surface area contributed by atoms with Crippen LogP contribution in [0.1, 0.15) is 44.1 Å². The first kappa shape index (κ1) is 18.5. The van der Waals surface area contributed by atoms with E-state index in [1.54, 1.807) is 0 Å². The van der Waals surface area contributed by atoms with Crippen LogP contribution in [0.15, 0.2) is 30.3 Å². The molecule has 2 atom stereocenters. The lowest BCUT2D eigenvalue weighted by Gasteiger charge is -2.24. The molecule has 0 radical (unpaired) electrons. The van der Waals surface area contributed by atoms with Gasteiger partial charge in [-0.25, -0.2) is 0 Å². The summed E-state index contributed by atoms with van der Waals surface area (Å²) in [5, 5.41) is 15.3. The van der Waals surface area contributed by atoms with Gasteiger partial charge in [0.1, 0.15) is 0 Å². The average molecular weight is 332 g/mol. The summed E-state index contributed by atoms with van der Waals surface area (Å²) < 4.78 is 0. The molecule has 0 spiro atoms. The number of rotatable bonds is 7. The van der Waals surface area contributed by atoms with Crippen LogP contribution >= 0.6 is 0 Å². The summed E-state index contributed by atoms with van der Waals surface area (Å²) in [5.41, 5.74) is 0.962. The molecular weight excluding hydrogens is 304 g/mol. The Bertz CT molecular complexity index is 519. The molecule has 1 fully saturated rings. The number of nitrogens with one attached hydrogen (secondary N) is 2. The fourth-order valence-electron chi connectivity index (χ4n) is 3.23. The van der Waals surface area contributed by atoms with Gasteiger partial charge in [0.15, 0.2) is 0 Å². The highest BCUT2D eigenvalue weighted by molar-refractivity contribution is 5.80. The third-order valence-electron chi connectivity index (χ3n) is 4.62. The van der Waals surface area contributed by atoms with Gasteiger partial charge in [-0.05, 0) is 18.4 Å². The van der Waals surface area contributed by atoms with Crippen LogP contribution in [0, 0.1) is 5.92 Å². The molecule has 1 saturated carbocycles. The smallest absolute Gasteiger partial charge is 0.224 e. The van der Waals surface area contributed by atoms with Crippen molar-refractivity contribution in [3.8, 4) is 0 Å². The Morgan fingerprint density at radius 3 is 2.54 bits per heavy atom. The molecule has 1 aliphatic carbocycles. The van der Waals surface area contributed by atoms with Crippen LogP contribution in [0.5, 0.6) is 0 Å². The van der Waals surface area contributed by atoms with Crippen molar-refractivity contribution in [3.63, 3.8) is 0 Å². The standard InChI is InChI=1S/C19H28N2O3/c22-14-16-9-5-2-6-10-17(16)21-18(23)11-12-20-19(24)13-15-7-3-1-4-8-15/h1,3-4,7-8,16-17,22H,2,5-6,9-14H2,(H,20,24)(H,21,23). The summed E-state index contributed by atoms with van der Waals surface area (Å²) in [6.07, 6.45) is 5.88. The quantitative estimate of drug-likeness (QED) is 0.666. The third-order valence-corrected chi connectivity index (χ3v) is 4.62. The largest absolute Gasteiger partial charge is 0.396 e. The predicted molar refractivity (Wildman–Crippen MR) is 93.4 cm³/mol. The van der Waals surface area contributed by atoms with E-state index in [9.17, 15) is 14.7 Å². The van der Waals surface area contributed by atoms with Gasteiger partial charge in [0.25, 0.3) is 0 Å². The molecule has 5 heteroatoms. The number of carbonyl (C=O) groups excluding carboxylic acids is 2. The summed E-state index contributed by atoms with van der Waals surface area (Å²) in [5.74, 6) is 0.0289. The Morgan fingerprint density at radius 1 is 1.04 bits per heavy atom. The number of hydrogen-bond donors (Lipinski definition) is 3. The number of aliphatic hydroxyl groups is 1. The summed E-state index contributed by atoms with van der Waals surface area (Å²) in [6, 6.07) is 9.60. The van der Waals surface area contributed by atoms with Gasteiger partial charge in [-0.3, -0.25) is 9.59 Å². The van der Waals surface area contributed by atoms with Crippen LogP contribution in [-0.2, 0) is 16.0 Å². The second-order valence-corrected chi connectivity index (χ2v) is 6.52. The Kier molecular flexibility index (Phi) is 7.75. The van der Waals surface area contributed by atoms with E-state index in [0.717, 1.165) is 31.2 Å². The van der Waals surface area contributed by atoms with E-state index in [0.29, 0.717) is 13.0 Å². The molecule has 0 aliphatic heterocycles. The van der Waals surface area contributed by atoms with Crippen molar-refractivity contribution < 1.29 is 14.7 Å². The molecule has 0 bridgehead atoms. The molecular formula is C19H28N2O3. The molecule has 0 saturated heterocycles. The van der Waals surface area contributed by atoms with E-state index in [4.69, 9.17) is 0 Å². The zero-order valence-electron chi connectivity index (χ0n) is 14.2. The number of amides is 2. The zero-order chi connectivity index (χ0) is 17.2. The molecule has 2 amide bonds. The molecule has 1 aromatic rings. The molecule has 1 aromatic carbocycles. The first-order valence-corrected chi connectivity index (χ1v) is 8.90. The minimum Gasteiger partial charge on any atom is -0.396 e. The first-order chi connectivity index (χ1) is 11.7. The molecule has 24 heavy (non-hydrogen) atoms. The monoisotopic (exact) mass is 332 g/mol. The third kappa shape index (κ3) is 6.32. The topological polar surface area (TPSA) is 78.4 Å². The number of benzene rings is 1. The highest BCUT2D eigenvalue weighted by Gasteiger charge is 2.24. The van der Waals surface area contributed by atoms with E-state index < -0.39 is 0 Å². The normalized spacial score (nSPS) is 20.9. The molecule has 2 unspecified atom stereocenters. The highest BCUT2D eigenvalue weighted by atomic mass is 16.3. The molecule has 3 N–H and O–H groups in total. The minimum absolute atomic E-state index is 0.0552. The lowest BCUT2D eigenvalue weighted by molar-refractivity contribution is -0.122. The predicted octanol–water partition coefficient (Wildman–Crippen LogP) is 1.79. The Labute approximate surface area is 143 Å². The fourth-order valence-corrected chi connectivity index (χ4v) is 3.23. The van der Waals surface area contributed by atoms with Crippen LogP contribution < -0.4 is 10.6 Å². The first-order valence-electron chi connectivity index (χ1n) is 8.90. The molecule has 1 aliphatic rings. The van der Waals surface area contributed by atoms with Crippen LogP contribution in [0.25, 0.3) is 0 Å². The van der Waals surface area contributed by atoms with Crippen LogP contribution in [-0.4, -0.2) is 36.1 Å². The zero-order valence-corrected chi connectivity index (χ0v) is 14.2. The van der Waals surface area contributed by atoms with Crippen molar-refractivity contribution >= 4 is 11.8 Å². The second kappa shape index (κ2) is 10.1. The molecule has 2 rings (SSSR count). The van der Waals surface area contributed by atoms with Crippen LogP contribution in [0.4, 0.5) is 0 Å². The molecule has 5 nitrogen and oxygen atoms in total. The van der Waals surface area contributed by atoms with Crippen LogP contribution in [0.3, 0.4) is 0 Å². The highest BCUT2D eigenvalue weighted by Crippen LogP contribution is 2.23. The van der Waals surface area contributed by atoms with Gasteiger partial charge < -0.3 is 15.7 Å². The molecule has 132 valence electrons. The maximum absolute atomic E-state index is 12.1. The van der Waals surface area contributed by atoms with E-state index in [1.165, 1.54) is 6.42 Å². The Hall–Kier alpha value is -1.88. The number of hydrogen-bond acceptors (Lipinski definition) is 3. The summed E-state index contributed by atoms with van der Waals surface area (Å²) in [6.45, 7) is 0.465. The van der Waals surface area contributed by atoms with Crippen molar-refractivity contribution in [2.24, 2.45) is 5.92 Å². The molecule has 0 heterocycles. The Morgan fingerprint density at radius 2 is 1.79 bits per heavy atom. The summed E-state index contributed by atoms with van der Waals surface area (Å²) in [7, 11) is 0. The van der Waals surface area contributed by atoms with E-state index in [-0.39, 0.29) is 36.8 Å². The lowest BCUT2D eigenvalue weighted by Crippen LogP contribution is -2.42. The number of aliphatic hydroxyl groups excluding tert-OH is 1. The lowest BCUT2D eigenvalue weighted by atomic mass is 9.95. The van der Waals surface area contributed by atoms with Crippen molar-refractivity contribution in [2.75, 3.05) is 13.2 Å². The van der Waals surface area contributed by atoms with Gasteiger partial charge in [-0.1, -0.05) is 49.6 Å². The van der Waals surface area contributed by atoms with Gasteiger partial charge in [0, 0.05) is 31.5 Å². The van der Waals surface area contributed by atoms with Gasteiger partial charge in [-0.2, -0.15) is 0 Å². The van der Waals surface area contributed by atoms with Gasteiger partial charge in [0.2, 0.25) is 11.8 Å². The van der Waals surface area contributed by atoms with Crippen LogP contribution in [0.2, 0.25) is 0 Å². The van der Waals surface area contributed by atoms with Crippen molar-refractivity contribution in [2.45, 2.75) is 51.0 Å². The maximum Gasteiger partial charge on any atom is 0.224 e. The van der Waals surface area contributed by atoms with Crippen molar-refractivity contribution in [1.82, 2.24) is 10.6 Å². The Balaban J connectivity index is 1.67. The average Bonchev–Trinajstić information content (AvgIpc) is 2.80.